The number of nitrogens with zero attached hydrogens (tertiary/aromatic N) is 1. The Hall–Kier alpha value is -2.20. The maximum absolute atomic E-state index is 6.27. The Morgan fingerprint density at radius 2 is 1.95 bits per heavy atom. The molecule has 3 rings (SSSR count). The van der Waals surface area contributed by atoms with Crippen LogP contribution in [0.15, 0.2) is 34.7 Å². The molecule has 1 aromatic carbocycles. The number of aromatic nitrogens is 2. The molecule has 4 nitrogen and oxygen atoms in total. The third kappa shape index (κ3) is 1.98. The minimum absolute atomic E-state index is 0.423. The number of nitrogens with two attached hydrogens (primary N) is 1. The summed E-state index contributed by atoms with van der Waals surface area (Å²) in [6.07, 6.45) is 0. The van der Waals surface area contributed by atoms with Gasteiger partial charge in [0.1, 0.15) is 11.5 Å². The summed E-state index contributed by atoms with van der Waals surface area (Å²) in [5, 5.41) is 7.73. The van der Waals surface area contributed by atoms with Gasteiger partial charge in [-0.15, -0.1) is 0 Å². The first kappa shape index (κ1) is 12.8. The lowest BCUT2D eigenvalue weighted by molar-refractivity contribution is 0.505. The minimum atomic E-state index is 0.423. The van der Waals surface area contributed by atoms with Crippen molar-refractivity contribution in [2.24, 2.45) is 0 Å². The maximum Gasteiger partial charge on any atom is 0.153 e. The van der Waals surface area contributed by atoms with Gasteiger partial charge in [-0.05, 0) is 26.0 Å². The molecular formula is C15H14ClN3O. The summed E-state index contributed by atoms with van der Waals surface area (Å²) in [7, 11) is 0. The number of benzene rings is 1. The van der Waals surface area contributed by atoms with Crippen molar-refractivity contribution in [2.45, 2.75) is 13.8 Å². The molecule has 0 saturated carbocycles. The van der Waals surface area contributed by atoms with E-state index in [2.05, 4.69) is 10.2 Å². The van der Waals surface area contributed by atoms with E-state index < -0.39 is 0 Å². The van der Waals surface area contributed by atoms with Crippen LogP contribution in [-0.2, 0) is 0 Å². The molecule has 0 unspecified atom stereocenters. The van der Waals surface area contributed by atoms with Gasteiger partial charge < -0.3 is 10.2 Å². The number of nitrogen functional groups attached to an aromatic ring is 1. The number of hydrogen-bond acceptors (Lipinski definition) is 3. The third-order valence-electron chi connectivity index (χ3n) is 3.25. The van der Waals surface area contributed by atoms with Gasteiger partial charge in [0.05, 0.1) is 11.3 Å². The van der Waals surface area contributed by atoms with Crippen LogP contribution in [0.3, 0.4) is 0 Å². The molecular weight excluding hydrogens is 274 g/mol. The molecule has 3 N–H and O–H groups in total. The summed E-state index contributed by atoms with van der Waals surface area (Å²) < 4.78 is 5.58. The number of rotatable bonds is 2. The quantitative estimate of drug-likeness (QED) is 0.742. The molecule has 0 saturated heterocycles. The molecule has 0 amide bonds. The molecule has 0 spiro atoms. The average molecular weight is 288 g/mol. The molecule has 0 radical (unpaired) electrons. The van der Waals surface area contributed by atoms with Gasteiger partial charge >= 0.3 is 0 Å². The topological polar surface area (TPSA) is 67.8 Å². The lowest BCUT2D eigenvalue weighted by Crippen LogP contribution is -1.89. The highest BCUT2D eigenvalue weighted by atomic mass is 35.5. The summed E-state index contributed by atoms with van der Waals surface area (Å²) in [5.74, 6) is 2.08. The fourth-order valence-electron chi connectivity index (χ4n) is 2.37. The number of furan rings is 1. The van der Waals surface area contributed by atoms with E-state index in [0.717, 1.165) is 33.9 Å². The van der Waals surface area contributed by atoms with Gasteiger partial charge in [0.15, 0.2) is 5.82 Å². The van der Waals surface area contributed by atoms with E-state index in [1.165, 1.54) is 0 Å². The molecule has 102 valence electrons. The summed E-state index contributed by atoms with van der Waals surface area (Å²) in [6.45, 7) is 3.82. The van der Waals surface area contributed by atoms with Crippen molar-refractivity contribution >= 4 is 17.4 Å². The van der Waals surface area contributed by atoms with Crippen molar-refractivity contribution < 1.29 is 4.42 Å². The molecule has 2 aromatic heterocycles. The lowest BCUT2D eigenvalue weighted by Gasteiger charge is -2.05. The maximum atomic E-state index is 6.27. The van der Waals surface area contributed by atoms with Crippen LogP contribution in [0, 0.1) is 13.8 Å². The number of aryl methyl sites for hydroxylation is 2. The summed E-state index contributed by atoms with van der Waals surface area (Å²) in [5.41, 5.74) is 9.44. The van der Waals surface area contributed by atoms with Crippen LogP contribution in [0.25, 0.3) is 22.4 Å². The monoisotopic (exact) mass is 287 g/mol. The average Bonchev–Trinajstić information content (AvgIpc) is 2.93. The van der Waals surface area contributed by atoms with Gasteiger partial charge in [-0.2, -0.15) is 5.10 Å². The molecule has 0 aliphatic carbocycles. The van der Waals surface area contributed by atoms with Crippen molar-refractivity contribution in [1.29, 1.82) is 0 Å². The second kappa shape index (κ2) is 4.72. The first-order chi connectivity index (χ1) is 9.58. The summed E-state index contributed by atoms with van der Waals surface area (Å²) in [6, 6.07) is 9.53. The molecule has 3 aromatic rings. The SMILES string of the molecule is Cc1cc(-c2[nH]nc(N)c2-c2ccccc2Cl)c(C)o1. The van der Waals surface area contributed by atoms with Gasteiger partial charge in [0.2, 0.25) is 0 Å². The van der Waals surface area contributed by atoms with Crippen LogP contribution < -0.4 is 5.73 Å². The lowest BCUT2D eigenvalue weighted by atomic mass is 10.0. The smallest absolute Gasteiger partial charge is 0.153 e. The predicted octanol–water partition coefficient (Wildman–Crippen LogP) is 4.19. The zero-order valence-corrected chi connectivity index (χ0v) is 12.0. The number of halogens is 1. The standard InChI is InChI=1S/C15H14ClN3O/c1-8-7-11(9(2)20-8)14-13(15(17)19-18-14)10-5-3-4-6-12(10)16/h3-7H,1-2H3,(H3,17,18,19). The number of hydrogen-bond donors (Lipinski definition) is 2. The highest BCUT2D eigenvalue weighted by molar-refractivity contribution is 6.33. The van der Waals surface area contributed by atoms with Crippen molar-refractivity contribution in [2.75, 3.05) is 5.73 Å². The van der Waals surface area contributed by atoms with Gasteiger partial charge in [0.25, 0.3) is 0 Å². The highest BCUT2D eigenvalue weighted by Crippen LogP contribution is 2.39. The van der Waals surface area contributed by atoms with Crippen molar-refractivity contribution in [3.63, 3.8) is 0 Å². The molecule has 0 aliphatic heterocycles. The zero-order chi connectivity index (χ0) is 14.3. The van der Waals surface area contributed by atoms with E-state index in [0.29, 0.717) is 10.8 Å². The zero-order valence-electron chi connectivity index (χ0n) is 11.2. The van der Waals surface area contributed by atoms with E-state index >= 15 is 0 Å². The normalized spacial score (nSPS) is 10.9. The van der Waals surface area contributed by atoms with E-state index in [1.54, 1.807) is 0 Å². The Labute approximate surface area is 121 Å². The Kier molecular flexibility index (Phi) is 3.03. The Morgan fingerprint density at radius 1 is 1.20 bits per heavy atom. The molecule has 0 atom stereocenters. The van der Waals surface area contributed by atoms with Crippen molar-refractivity contribution in [3.05, 3.63) is 46.9 Å². The molecule has 0 bridgehead atoms. The minimum Gasteiger partial charge on any atom is -0.466 e. The summed E-state index contributed by atoms with van der Waals surface area (Å²) in [4.78, 5) is 0. The molecule has 0 fully saturated rings. The highest BCUT2D eigenvalue weighted by Gasteiger charge is 2.19. The predicted molar refractivity (Wildman–Crippen MR) is 80.6 cm³/mol. The molecule has 2 heterocycles. The van der Waals surface area contributed by atoms with Crippen LogP contribution >= 0.6 is 11.6 Å². The van der Waals surface area contributed by atoms with Gasteiger partial charge in [-0.25, -0.2) is 0 Å². The molecule has 5 heteroatoms. The third-order valence-corrected chi connectivity index (χ3v) is 3.58. The number of anilines is 1. The Bertz CT molecular complexity index is 773. The Balaban J connectivity index is 2.26. The summed E-state index contributed by atoms with van der Waals surface area (Å²) >= 11 is 6.27. The first-order valence-electron chi connectivity index (χ1n) is 6.24. The van der Waals surface area contributed by atoms with Crippen LogP contribution in [0.1, 0.15) is 11.5 Å². The van der Waals surface area contributed by atoms with Crippen molar-refractivity contribution in [3.8, 4) is 22.4 Å². The van der Waals surface area contributed by atoms with Crippen molar-refractivity contribution in [1.82, 2.24) is 10.2 Å². The van der Waals surface area contributed by atoms with E-state index in [1.807, 2.05) is 44.2 Å². The van der Waals surface area contributed by atoms with Crippen LogP contribution in [-0.4, -0.2) is 10.2 Å². The fourth-order valence-corrected chi connectivity index (χ4v) is 2.60. The molecule has 20 heavy (non-hydrogen) atoms. The van der Waals surface area contributed by atoms with E-state index in [-0.39, 0.29) is 0 Å². The van der Waals surface area contributed by atoms with Crippen LogP contribution in [0.2, 0.25) is 5.02 Å². The second-order valence-corrected chi connectivity index (χ2v) is 5.07. The fraction of sp³-hybridized carbons (Fsp3) is 0.133. The van der Waals surface area contributed by atoms with Gasteiger partial charge in [-0.1, -0.05) is 29.8 Å². The number of nitrogens with one attached hydrogen (secondary N) is 1. The molecule has 0 aliphatic rings. The van der Waals surface area contributed by atoms with E-state index in [9.17, 15) is 0 Å². The van der Waals surface area contributed by atoms with E-state index in [4.69, 9.17) is 21.8 Å². The Morgan fingerprint density at radius 3 is 2.60 bits per heavy atom. The number of aromatic amines is 1. The van der Waals surface area contributed by atoms with Gasteiger partial charge in [0, 0.05) is 16.1 Å². The number of H-pyrrole nitrogens is 1. The first-order valence-corrected chi connectivity index (χ1v) is 6.62. The largest absolute Gasteiger partial charge is 0.466 e. The second-order valence-electron chi connectivity index (χ2n) is 4.67. The van der Waals surface area contributed by atoms with Gasteiger partial charge in [-0.3, -0.25) is 5.10 Å². The van der Waals surface area contributed by atoms with Crippen LogP contribution in [0.4, 0.5) is 5.82 Å². The van der Waals surface area contributed by atoms with Crippen LogP contribution in [0.5, 0.6) is 0 Å².